The van der Waals surface area contributed by atoms with Crippen LogP contribution >= 0.6 is 11.8 Å². The lowest BCUT2D eigenvalue weighted by atomic mass is 10.2. The van der Waals surface area contributed by atoms with Crippen molar-refractivity contribution < 1.29 is 9.13 Å². The van der Waals surface area contributed by atoms with E-state index in [-0.39, 0.29) is 5.82 Å². The van der Waals surface area contributed by atoms with Gasteiger partial charge in [0.2, 0.25) is 0 Å². The number of halogens is 1. The second kappa shape index (κ2) is 5.91. The third-order valence-corrected chi connectivity index (χ3v) is 3.64. The molecule has 0 spiro atoms. The van der Waals surface area contributed by atoms with Crippen molar-refractivity contribution >= 4 is 11.8 Å². The minimum atomic E-state index is -0.201. The average molecular weight is 261 g/mol. The Labute approximate surface area is 111 Å². The largest absolute Gasteiger partial charge is 0.496 e. The van der Waals surface area contributed by atoms with E-state index in [1.807, 2.05) is 18.2 Å². The van der Waals surface area contributed by atoms with Crippen LogP contribution < -0.4 is 4.74 Å². The van der Waals surface area contributed by atoms with Gasteiger partial charge in [0.05, 0.1) is 7.11 Å². The fourth-order valence-electron chi connectivity index (χ4n) is 1.59. The van der Waals surface area contributed by atoms with Crippen LogP contribution in [0.2, 0.25) is 0 Å². The molecule has 0 saturated carbocycles. The Hall–Kier alpha value is -1.48. The lowest BCUT2D eigenvalue weighted by Gasteiger charge is -2.07. The molecule has 3 heteroatoms. The average Bonchev–Trinajstić information content (AvgIpc) is 2.38. The number of methoxy groups -OCH3 is 1. The quantitative estimate of drug-likeness (QED) is 0.758. The van der Waals surface area contributed by atoms with Crippen LogP contribution in [0.25, 0.3) is 0 Å². The predicted octanol–water partition coefficient (Wildman–Crippen LogP) is 4.31. The number of ether oxygens (including phenoxy) is 1. The summed E-state index contributed by atoms with van der Waals surface area (Å²) in [5.41, 5.74) is 1.98. The molecule has 0 amide bonds. The number of thioether (sulfide) groups is 1. The Bertz CT molecular complexity index is 523. The van der Waals surface area contributed by atoms with Crippen molar-refractivity contribution in [3.05, 3.63) is 66.3 Å². The Morgan fingerprint density at radius 2 is 1.89 bits per heavy atom. The van der Waals surface area contributed by atoms with E-state index >= 15 is 0 Å². The van der Waals surface area contributed by atoms with Gasteiger partial charge in [-0.1, -0.05) is 12.1 Å². The van der Waals surface area contributed by atoms with Gasteiger partial charge in [-0.3, -0.25) is 0 Å². The van der Waals surface area contributed by atoms with Crippen molar-refractivity contribution in [2.24, 2.45) is 0 Å². The molecule has 18 heavy (non-hydrogen) atoms. The van der Waals surface area contributed by atoms with Gasteiger partial charge in [0.1, 0.15) is 11.6 Å². The van der Waals surface area contributed by atoms with Crippen molar-refractivity contribution in [3.63, 3.8) is 0 Å². The zero-order chi connectivity index (χ0) is 13.0. The van der Waals surface area contributed by atoms with Crippen LogP contribution in [0.4, 0.5) is 4.39 Å². The molecule has 0 atom stereocenters. The smallest absolute Gasteiger partial charge is 0.123 e. The molecule has 0 aliphatic carbocycles. The fourth-order valence-corrected chi connectivity index (χ4v) is 2.51. The number of benzene rings is 2. The molecular formula is C15H14FOS. The molecule has 0 heterocycles. The third-order valence-electron chi connectivity index (χ3n) is 2.57. The van der Waals surface area contributed by atoms with Crippen molar-refractivity contribution in [3.8, 4) is 5.75 Å². The minimum absolute atomic E-state index is 0.201. The van der Waals surface area contributed by atoms with Gasteiger partial charge < -0.3 is 4.74 Å². The SMILES string of the molecule is [CH2]c1cc(SCc2ccc(F)cc2)ccc1OC. The monoisotopic (exact) mass is 261 g/mol. The van der Waals surface area contributed by atoms with Gasteiger partial charge in [0.25, 0.3) is 0 Å². The first kappa shape index (κ1) is 13.0. The number of rotatable bonds is 4. The lowest BCUT2D eigenvalue weighted by molar-refractivity contribution is 0.412. The first-order chi connectivity index (χ1) is 8.69. The maximum atomic E-state index is 12.8. The summed E-state index contributed by atoms with van der Waals surface area (Å²) in [6, 6.07) is 12.5. The third kappa shape index (κ3) is 3.26. The molecule has 0 bridgehead atoms. The molecule has 93 valence electrons. The highest BCUT2D eigenvalue weighted by Crippen LogP contribution is 2.27. The maximum absolute atomic E-state index is 12.8. The van der Waals surface area contributed by atoms with Gasteiger partial charge in [-0.2, -0.15) is 0 Å². The fraction of sp³-hybridized carbons (Fsp3) is 0.133. The molecule has 0 saturated heterocycles. The maximum Gasteiger partial charge on any atom is 0.123 e. The van der Waals surface area contributed by atoms with Crippen LogP contribution in [-0.2, 0) is 5.75 Å². The van der Waals surface area contributed by atoms with E-state index in [1.54, 1.807) is 31.0 Å². The number of hydrogen-bond acceptors (Lipinski definition) is 2. The second-order valence-corrected chi connectivity index (χ2v) is 4.94. The van der Waals surface area contributed by atoms with E-state index in [1.165, 1.54) is 12.1 Å². The summed E-state index contributed by atoms with van der Waals surface area (Å²) >= 11 is 1.69. The highest BCUT2D eigenvalue weighted by Gasteiger charge is 2.01. The molecule has 0 aliphatic heterocycles. The molecule has 2 aromatic carbocycles. The zero-order valence-corrected chi connectivity index (χ0v) is 11.0. The van der Waals surface area contributed by atoms with Gasteiger partial charge in [-0.05, 0) is 48.4 Å². The van der Waals surface area contributed by atoms with Gasteiger partial charge in [0, 0.05) is 10.6 Å². The molecular weight excluding hydrogens is 247 g/mol. The van der Waals surface area contributed by atoms with Crippen molar-refractivity contribution in [1.82, 2.24) is 0 Å². The molecule has 2 aromatic rings. The van der Waals surface area contributed by atoms with Crippen LogP contribution in [0.15, 0.2) is 47.4 Å². The Morgan fingerprint density at radius 1 is 1.17 bits per heavy atom. The van der Waals surface area contributed by atoms with E-state index in [2.05, 4.69) is 6.92 Å². The van der Waals surface area contributed by atoms with Crippen molar-refractivity contribution in [2.75, 3.05) is 7.11 Å². The molecule has 0 unspecified atom stereocenters. The Kier molecular flexibility index (Phi) is 4.26. The van der Waals surface area contributed by atoms with E-state index in [9.17, 15) is 4.39 Å². The molecule has 0 N–H and O–H groups in total. The summed E-state index contributed by atoms with van der Waals surface area (Å²) in [6.07, 6.45) is 0. The summed E-state index contributed by atoms with van der Waals surface area (Å²) in [5, 5.41) is 0. The van der Waals surface area contributed by atoms with E-state index in [4.69, 9.17) is 4.74 Å². The lowest BCUT2D eigenvalue weighted by Crippen LogP contribution is -1.87. The summed E-state index contributed by atoms with van der Waals surface area (Å²) in [7, 11) is 1.63. The van der Waals surface area contributed by atoms with Crippen LogP contribution in [0.1, 0.15) is 11.1 Å². The molecule has 0 aliphatic rings. The van der Waals surface area contributed by atoms with Crippen LogP contribution in [0, 0.1) is 12.7 Å². The topological polar surface area (TPSA) is 9.23 Å². The number of hydrogen-bond donors (Lipinski definition) is 0. The molecule has 2 rings (SSSR count). The molecule has 1 radical (unpaired) electrons. The first-order valence-corrected chi connectivity index (χ1v) is 6.55. The highest BCUT2D eigenvalue weighted by atomic mass is 32.2. The normalized spacial score (nSPS) is 10.4. The Morgan fingerprint density at radius 3 is 2.50 bits per heavy atom. The van der Waals surface area contributed by atoms with Crippen LogP contribution in [0.3, 0.4) is 0 Å². The van der Waals surface area contributed by atoms with E-state index in [0.717, 1.165) is 27.5 Å². The summed E-state index contributed by atoms with van der Waals surface area (Å²) in [4.78, 5) is 1.13. The Balaban J connectivity index is 2.02. The van der Waals surface area contributed by atoms with Gasteiger partial charge in [-0.15, -0.1) is 11.8 Å². The summed E-state index contributed by atoms with van der Waals surface area (Å²) in [6.45, 7) is 3.93. The van der Waals surface area contributed by atoms with E-state index < -0.39 is 0 Å². The van der Waals surface area contributed by atoms with Gasteiger partial charge >= 0.3 is 0 Å². The minimum Gasteiger partial charge on any atom is -0.496 e. The van der Waals surface area contributed by atoms with Crippen LogP contribution in [-0.4, -0.2) is 7.11 Å². The first-order valence-electron chi connectivity index (χ1n) is 5.56. The van der Waals surface area contributed by atoms with E-state index in [0.29, 0.717) is 0 Å². The summed E-state index contributed by atoms with van der Waals surface area (Å²) < 4.78 is 17.9. The highest BCUT2D eigenvalue weighted by molar-refractivity contribution is 7.98. The van der Waals surface area contributed by atoms with Gasteiger partial charge in [-0.25, -0.2) is 4.39 Å². The molecule has 0 fully saturated rings. The van der Waals surface area contributed by atoms with Crippen molar-refractivity contribution in [1.29, 1.82) is 0 Å². The van der Waals surface area contributed by atoms with Crippen molar-refractivity contribution in [2.45, 2.75) is 10.6 Å². The van der Waals surface area contributed by atoms with Gasteiger partial charge in [0.15, 0.2) is 0 Å². The second-order valence-electron chi connectivity index (χ2n) is 3.89. The zero-order valence-electron chi connectivity index (χ0n) is 10.2. The predicted molar refractivity (Wildman–Crippen MR) is 73.4 cm³/mol. The molecule has 0 aromatic heterocycles. The summed E-state index contributed by atoms with van der Waals surface area (Å²) in [5.74, 6) is 1.40. The van der Waals surface area contributed by atoms with Crippen LogP contribution in [0.5, 0.6) is 5.75 Å². The molecule has 1 nitrogen and oxygen atoms in total. The standard InChI is InChI=1S/C15H14FOS/c1-11-9-14(7-8-15(11)17-2)18-10-12-3-5-13(16)6-4-12/h3-9H,1,10H2,2H3.